The van der Waals surface area contributed by atoms with Crippen molar-refractivity contribution in [2.24, 2.45) is 0 Å². The molecule has 0 aliphatic carbocycles. The maximum absolute atomic E-state index is 6.05. The Morgan fingerprint density at radius 3 is 1.71 bits per heavy atom. The van der Waals surface area contributed by atoms with Crippen molar-refractivity contribution < 1.29 is 4.43 Å². The van der Waals surface area contributed by atoms with Crippen LogP contribution in [0.25, 0.3) is 32.3 Å². The van der Waals surface area contributed by atoms with Gasteiger partial charge in [0.25, 0.3) is 0 Å². The third-order valence-corrected chi connectivity index (χ3v) is 6.18. The molecule has 0 saturated carbocycles. The minimum Gasteiger partial charge on any atom is -0.414 e. The normalized spacial score (nSPS) is 12.8. The molecule has 120 valence electrons. The van der Waals surface area contributed by atoms with E-state index in [1.165, 1.54) is 37.5 Å². The van der Waals surface area contributed by atoms with Crippen LogP contribution in [0.4, 0.5) is 0 Å². The van der Waals surface area contributed by atoms with Crippen molar-refractivity contribution in [2.75, 3.05) is 0 Å². The van der Waals surface area contributed by atoms with Crippen LogP contribution in [0.5, 0.6) is 0 Å². The van der Waals surface area contributed by atoms with Gasteiger partial charge < -0.3 is 4.43 Å². The Labute approximate surface area is 145 Å². The van der Waals surface area contributed by atoms with Crippen molar-refractivity contribution in [3.05, 3.63) is 66.7 Å². The third-order valence-electron chi connectivity index (χ3n) is 4.40. The molecule has 0 aromatic heterocycles. The molecular weight excluding hydrogens is 308 g/mol. The molecule has 0 amide bonds. The van der Waals surface area contributed by atoms with Crippen molar-refractivity contribution in [1.82, 2.24) is 0 Å². The van der Waals surface area contributed by atoms with Gasteiger partial charge >= 0.3 is 0 Å². The van der Waals surface area contributed by atoms with E-state index in [0.717, 1.165) is 0 Å². The molecular formula is C22H22OSi. The zero-order valence-corrected chi connectivity index (χ0v) is 15.9. The molecule has 0 heterocycles. The number of hydrogen-bond donors (Lipinski definition) is 0. The molecule has 4 aromatic carbocycles. The molecule has 4 rings (SSSR count). The predicted molar refractivity (Wildman–Crippen MR) is 108 cm³/mol. The van der Waals surface area contributed by atoms with Gasteiger partial charge in [0.1, 0.15) is 0 Å². The fourth-order valence-electron chi connectivity index (χ4n) is 3.13. The number of benzene rings is 4. The molecule has 0 atom stereocenters. The third kappa shape index (κ3) is 3.08. The van der Waals surface area contributed by atoms with Gasteiger partial charge in [0.15, 0.2) is 9.76 Å². The van der Waals surface area contributed by atoms with Gasteiger partial charge in [0.2, 0.25) is 0 Å². The summed E-state index contributed by atoms with van der Waals surface area (Å²) in [5.74, 6) is 0. The molecule has 0 aliphatic heterocycles. The smallest absolute Gasteiger partial charge is 0.192 e. The van der Waals surface area contributed by atoms with Crippen LogP contribution < -0.4 is 5.19 Å². The molecule has 1 nitrogen and oxygen atoms in total. The molecule has 0 saturated heterocycles. The molecule has 2 heteroatoms. The van der Waals surface area contributed by atoms with Crippen LogP contribution >= 0.6 is 0 Å². The summed E-state index contributed by atoms with van der Waals surface area (Å²) in [5, 5.41) is 9.16. The second-order valence-electron chi connectivity index (χ2n) is 7.48. The lowest BCUT2D eigenvalue weighted by Gasteiger charge is -2.20. The Morgan fingerprint density at radius 2 is 1.12 bits per heavy atom. The lowest BCUT2D eigenvalue weighted by atomic mass is 10.00. The van der Waals surface area contributed by atoms with Gasteiger partial charge in [-0.1, -0.05) is 42.5 Å². The van der Waals surface area contributed by atoms with Gasteiger partial charge in [-0.25, -0.2) is 0 Å². The van der Waals surface area contributed by atoms with E-state index in [9.17, 15) is 0 Å². The number of rotatable bonds is 2. The Kier molecular flexibility index (Phi) is 3.67. The molecule has 0 spiro atoms. The van der Waals surface area contributed by atoms with E-state index in [1.54, 1.807) is 0 Å². The molecule has 24 heavy (non-hydrogen) atoms. The average molecular weight is 331 g/mol. The van der Waals surface area contributed by atoms with Crippen LogP contribution in [0.2, 0.25) is 0 Å². The molecule has 0 radical (unpaired) electrons. The first-order valence-corrected chi connectivity index (χ1v) is 9.76. The van der Waals surface area contributed by atoms with Crippen LogP contribution in [0, 0.1) is 0 Å². The highest BCUT2D eigenvalue weighted by atomic mass is 28.2. The summed E-state index contributed by atoms with van der Waals surface area (Å²) in [6.45, 7) is 6.37. The molecule has 0 bridgehead atoms. The van der Waals surface area contributed by atoms with Crippen molar-refractivity contribution >= 4 is 47.3 Å². The van der Waals surface area contributed by atoms with Crippen molar-refractivity contribution in [1.29, 1.82) is 0 Å². The van der Waals surface area contributed by atoms with E-state index in [0.29, 0.717) is 0 Å². The fraction of sp³-hybridized carbons (Fsp3) is 0.182. The van der Waals surface area contributed by atoms with E-state index in [2.05, 4.69) is 87.5 Å². The first-order valence-electron chi connectivity index (χ1n) is 8.47. The molecule has 0 unspecified atom stereocenters. The first kappa shape index (κ1) is 15.4. The van der Waals surface area contributed by atoms with E-state index in [1.807, 2.05) is 0 Å². The van der Waals surface area contributed by atoms with E-state index >= 15 is 0 Å². The van der Waals surface area contributed by atoms with Gasteiger partial charge in [-0.05, 0) is 82.5 Å². The maximum Gasteiger partial charge on any atom is 0.192 e. The minimum absolute atomic E-state index is 0.0521. The van der Waals surface area contributed by atoms with Crippen LogP contribution in [-0.4, -0.2) is 15.4 Å². The Hall–Kier alpha value is -2.16. The van der Waals surface area contributed by atoms with E-state index in [-0.39, 0.29) is 5.60 Å². The highest BCUT2D eigenvalue weighted by molar-refractivity contribution is 6.47. The monoisotopic (exact) mass is 330 g/mol. The van der Waals surface area contributed by atoms with Crippen LogP contribution in [-0.2, 0) is 4.43 Å². The summed E-state index contributed by atoms with van der Waals surface area (Å²) in [6, 6.07) is 24.5. The van der Waals surface area contributed by atoms with E-state index in [4.69, 9.17) is 4.43 Å². The quantitative estimate of drug-likeness (QED) is 0.383. The Morgan fingerprint density at radius 1 is 0.625 bits per heavy atom. The summed E-state index contributed by atoms with van der Waals surface area (Å²) in [6.07, 6.45) is 0. The summed E-state index contributed by atoms with van der Waals surface area (Å²) >= 11 is 0. The highest BCUT2D eigenvalue weighted by Gasteiger charge is 2.10. The maximum atomic E-state index is 6.05. The summed E-state index contributed by atoms with van der Waals surface area (Å²) in [4.78, 5) is 0. The van der Waals surface area contributed by atoms with Gasteiger partial charge in [-0.2, -0.15) is 0 Å². The van der Waals surface area contributed by atoms with Gasteiger partial charge in [0.05, 0.1) is 0 Å². The highest BCUT2D eigenvalue weighted by Crippen LogP contribution is 2.27. The van der Waals surface area contributed by atoms with Gasteiger partial charge in [-0.3, -0.25) is 0 Å². The average Bonchev–Trinajstić information content (AvgIpc) is 2.55. The molecule has 0 fully saturated rings. The number of fused-ring (bicyclic) bond motifs is 3. The van der Waals surface area contributed by atoms with Crippen molar-refractivity contribution in [2.45, 2.75) is 26.4 Å². The minimum atomic E-state index is -0.689. The van der Waals surface area contributed by atoms with Crippen LogP contribution in [0.15, 0.2) is 66.7 Å². The largest absolute Gasteiger partial charge is 0.414 e. The summed E-state index contributed by atoms with van der Waals surface area (Å²) in [7, 11) is -0.689. The molecule has 4 aromatic rings. The summed E-state index contributed by atoms with van der Waals surface area (Å²) in [5.41, 5.74) is -0.0521. The summed E-state index contributed by atoms with van der Waals surface area (Å²) < 4.78 is 6.05. The Balaban J connectivity index is 1.81. The fourth-order valence-corrected chi connectivity index (χ4v) is 4.25. The van der Waals surface area contributed by atoms with Gasteiger partial charge in [-0.15, -0.1) is 0 Å². The predicted octanol–water partition coefficient (Wildman–Crippen LogP) is 4.67. The number of hydrogen-bond acceptors (Lipinski definition) is 1. The lowest BCUT2D eigenvalue weighted by molar-refractivity contribution is 0.142. The SMILES string of the molecule is CC(C)(C)O[SiH2]c1ccc2cc3cc4ccccc4cc3cc2c1. The first-order chi connectivity index (χ1) is 11.5. The topological polar surface area (TPSA) is 9.23 Å². The van der Waals surface area contributed by atoms with Crippen LogP contribution in [0.1, 0.15) is 20.8 Å². The van der Waals surface area contributed by atoms with E-state index < -0.39 is 9.76 Å². The van der Waals surface area contributed by atoms with Crippen molar-refractivity contribution in [3.8, 4) is 0 Å². The zero-order chi connectivity index (χ0) is 16.7. The second-order valence-corrected chi connectivity index (χ2v) is 8.88. The lowest BCUT2D eigenvalue weighted by Crippen LogP contribution is -2.28. The second kappa shape index (κ2) is 5.73. The standard InChI is InChI=1S/C22H22OSi/c1-22(2,3)23-24-21-9-8-17-12-18-10-15-6-4-5-7-16(15)11-19(18)13-20(17)14-21/h4-14H,24H2,1-3H3. The van der Waals surface area contributed by atoms with Crippen LogP contribution in [0.3, 0.4) is 0 Å². The Bertz CT molecular complexity index is 1040. The zero-order valence-electron chi connectivity index (χ0n) is 14.5. The molecule has 0 N–H and O–H groups in total. The van der Waals surface area contributed by atoms with Gasteiger partial charge in [0, 0.05) is 5.60 Å². The van der Waals surface area contributed by atoms with Crippen molar-refractivity contribution in [3.63, 3.8) is 0 Å². The molecule has 0 aliphatic rings.